The number of benzene rings is 3. The topological polar surface area (TPSA) is 17.1 Å². The maximum Gasteiger partial charge on any atom is 0.161 e. The van der Waals surface area contributed by atoms with E-state index in [1.165, 1.54) is 5.56 Å². The number of Topliss-reactive ketones (excluding diaryl/α,β-unsaturated/α-hetero) is 1. The van der Waals surface area contributed by atoms with Gasteiger partial charge in [-0.1, -0.05) is 60.7 Å². The number of fused-ring (bicyclic) bond motifs is 1. The molecule has 0 N–H and O–H groups in total. The summed E-state index contributed by atoms with van der Waals surface area (Å²) in [6.07, 6.45) is 0. The zero-order chi connectivity index (χ0) is 14.1. The Morgan fingerprint density at radius 3 is 2.10 bits per heavy atom. The summed E-state index contributed by atoms with van der Waals surface area (Å²) in [5.41, 5.74) is 4.13. The molecule has 20 heavy (non-hydrogen) atoms. The molecule has 0 radical (unpaired) electrons. The highest BCUT2D eigenvalue weighted by atomic mass is 16.1. The Morgan fingerprint density at radius 2 is 1.45 bits per heavy atom. The number of hydrogen-bond acceptors (Lipinski definition) is 1. The summed E-state index contributed by atoms with van der Waals surface area (Å²) in [6.45, 7) is 3.74. The van der Waals surface area contributed by atoms with Crippen molar-refractivity contribution in [3.63, 3.8) is 0 Å². The van der Waals surface area contributed by atoms with Crippen LogP contribution < -0.4 is 0 Å². The van der Waals surface area contributed by atoms with Gasteiger partial charge in [0.15, 0.2) is 5.78 Å². The summed E-state index contributed by atoms with van der Waals surface area (Å²) < 4.78 is 0. The molecular formula is C19H16O. The molecular weight excluding hydrogens is 244 g/mol. The van der Waals surface area contributed by atoms with Gasteiger partial charge in [0, 0.05) is 5.56 Å². The van der Waals surface area contributed by atoms with Crippen molar-refractivity contribution < 1.29 is 4.79 Å². The lowest BCUT2D eigenvalue weighted by Gasteiger charge is -2.13. The summed E-state index contributed by atoms with van der Waals surface area (Å²) in [5.74, 6) is 0.111. The molecule has 0 saturated carbocycles. The summed E-state index contributed by atoms with van der Waals surface area (Å²) >= 11 is 0. The number of hydrogen-bond donors (Lipinski definition) is 0. The van der Waals surface area contributed by atoms with E-state index in [4.69, 9.17) is 0 Å². The Hall–Kier alpha value is -2.41. The Bertz CT molecular complexity index is 785. The minimum atomic E-state index is 0.111. The second kappa shape index (κ2) is 4.93. The van der Waals surface area contributed by atoms with Crippen LogP contribution in [-0.4, -0.2) is 5.78 Å². The van der Waals surface area contributed by atoms with Crippen LogP contribution in [0, 0.1) is 6.92 Å². The molecule has 0 amide bonds. The van der Waals surface area contributed by atoms with E-state index in [1.807, 2.05) is 36.4 Å². The van der Waals surface area contributed by atoms with E-state index in [-0.39, 0.29) is 5.78 Å². The van der Waals surface area contributed by atoms with E-state index in [2.05, 4.69) is 31.2 Å². The molecule has 1 nitrogen and oxygen atoms in total. The van der Waals surface area contributed by atoms with E-state index >= 15 is 0 Å². The molecule has 3 aromatic rings. The first-order chi connectivity index (χ1) is 9.68. The lowest BCUT2D eigenvalue weighted by molar-refractivity contribution is 0.102. The van der Waals surface area contributed by atoms with E-state index in [0.717, 1.165) is 27.5 Å². The lowest BCUT2D eigenvalue weighted by Crippen LogP contribution is -1.99. The number of carbonyl (C=O) groups is 1. The normalized spacial score (nSPS) is 10.7. The number of aryl methyl sites for hydroxylation is 1. The van der Waals surface area contributed by atoms with Gasteiger partial charge < -0.3 is 0 Å². The number of carbonyl (C=O) groups excluding carboxylic acids is 1. The van der Waals surface area contributed by atoms with E-state index in [9.17, 15) is 4.79 Å². The quantitative estimate of drug-likeness (QED) is 0.591. The molecule has 0 fully saturated rings. The largest absolute Gasteiger partial charge is 0.294 e. The van der Waals surface area contributed by atoms with Crippen molar-refractivity contribution >= 4 is 16.6 Å². The van der Waals surface area contributed by atoms with Crippen LogP contribution in [0.25, 0.3) is 21.9 Å². The van der Waals surface area contributed by atoms with Crippen LogP contribution in [0.4, 0.5) is 0 Å². The van der Waals surface area contributed by atoms with Crippen molar-refractivity contribution in [1.82, 2.24) is 0 Å². The fourth-order valence-corrected chi connectivity index (χ4v) is 2.78. The summed E-state index contributed by atoms with van der Waals surface area (Å²) in [7, 11) is 0. The molecule has 0 atom stereocenters. The van der Waals surface area contributed by atoms with Crippen LogP contribution in [0.1, 0.15) is 22.8 Å². The molecule has 0 aliphatic rings. The predicted octanol–water partition coefficient (Wildman–Crippen LogP) is 5.02. The van der Waals surface area contributed by atoms with Gasteiger partial charge in [0.25, 0.3) is 0 Å². The zero-order valence-corrected chi connectivity index (χ0v) is 11.7. The highest BCUT2D eigenvalue weighted by Gasteiger charge is 2.14. The van der Waals surface area contributed by atoms with Crippen LogP contribution in [0.3, 0.4) is 0 Å². The van der Waals surface area contributed by atoms with Gasteiger partial charge in [0.2, 0.25) is 0 Å². The monoisotopic (exact) mass is 260 g/mol. The van der Waals surface area contributed by atoms with Crippen LogP contribution in [0.15, 0.2) is 60.7 Å². The molecule has 98 valence electrons. The Morgan fingerprint density at radius 1 is 0.850 bits per heavy atom. The molecule has 1 heteroatoms. The van der Waals surface area contributed by atoms with Gasteiger partial charge in [-0.05, 0) is 41.3 Å². The Balaban J connectivity index is 2.43. The molecule has 3 aromatic carbocycles. The molecule has 0 saturated heterocycles. The van der Waals surface area contributed by atoms with Gasteiger partial charge in [0.05, 0.1) is 0 Å². The summed E-state index contributed by atoms with van der Waals surface area (Å²) in [5, 5.41) is 2.19. The summed E-state index contributed by atoms with van der Waals surface area (Å²) in [6, 6.07) is 20.3. The number of ketones is 1. The molecule has 3 rings (SSSR count). The van der Waals surface area contributed by atoms with Crippen molar-refractivity contribution in [2.24, 2.45) is 0 Å². The average molecular weight is 260 g/mol. The lowest BCUT2D eigenvalue weighted by atomic mass is 9.90. The molecule has 0 aliphatic carbocycles. The second-order valence-electron chi connectivity index (χ2n) is 5.08. The number of rotatable bonds is 2. The second-order valence-corrected chi connectivity index (χ2v) is 5.08. The van der Waals surface area contributed by atoms with Crippen molar-refractivity contribution in [1.29, 1.82) is 0 Å². The molecule has 0 heterocycles. The van der Waals surface area contributed by atoms with Crippen molar-refractivity contribution in [3.05, 3.63) is 71.8 Å². The zero-order valence-electron chi connectivity index (χ0n) is 11.7. The smallest absolute Gasteiger partial charge is 0.161 e. The highest BCUT2D eigenvalue weighted by Crippen LogP contribution is 2.33. The minimum absolute atomic E-state index is 0.111. The molecule has 0 unspecified atom stereocenters. The first kappa shape index (κ1) is 12.6. The Labute approximate surface area is 118 Å². The standard InChI is InChI=1S/C19H16O/c1-13-12-18(15-8-4-3-5-9-15)19(14(2)20)17-11-7-6-10-16(13)17/h3-12H,1-2H3. The average Bonchev–Trinajstić information content (AvgIpc) is 2.47. The predicted molar refractivity (Wildman–Crippen MR) is 84.1 cm³/mol. The van der Waals surface area contributed by atoms with E-state index < -0.39 is 0 Å². The van der Waals surface area contributed by atoms with Gasteiger partial charge in [-0.15, -0.1) is 0 Å². The van der Waals surface area contributed by atoms with Crippen LogP contribution in [-0.2, 0) is 0 Å². The van der Waals surface area contributed by atoms with Crippen molar-refractivity contribution in [2.75, 3.05) is 0 Å². The SMILES string of the molecule is CC(=O)c1c(-c2ccccc2)cc(C)c2ccccc12. The van der Waals surface area contributed by atoms with Crippen LogP contribution in [0.5, 0.6) is 0 Å². The maximum absolute atomic E-state index is 12.2. The molecule has 0 spiro atoms. The minimum Gasteiger partial charge on any atom is -0.294 e. The first-order valence-electron chi connectivity index (χ1n) is 6.77. The summed E-state index contributed by atoms with van der Waals surface area (Å²) in [4.78, 5) is 12.2. The van der Waals surface area contributed by atoms with E-state index in [0.29, 0.717) is 0 Å². The van der Waals surface area contributed by atoms with Gasteiger partial charge >= 0.3 is 0 Å². The third kappa shape index (κ3) is 2.01. The van der Waals surface area contributed by atoms with Crippen LogP contribution >= 0.6 is 0 Å². The third-order valence-corrected chi connectivity index (χ3v) is 3.69. The fraction of sp³-hybridized carbons (Fsp3) is 0.105. The van der Waals surface area contributed by atoms with Gasteiger partial charge in [0.1, 0.15) is 0 Å². The highest BCUT2D eigenvalue weighted by molar-refractivity contribution is 6.13. The van der Waals surface area contributed by atoms with Crippen LogP contribution in [0.2, 0.25) is 0 Å². The van der Waals surface area contributed by atoms with Gasteiger partial charge in [-0.3, -0.25) is 4.79 Å². The maximum atomic E-state index is 12.2. The first-order valence-corrected chi connectivity index (χ1v) is 6.77. The van der Waals surface area contributed by atoms with Crippen molar-refractivity contribution in [3.8, 4) is 11.1 Å². The van der Waals surface area contributed by atoms with Crippen molar-refractivity contribution in [2.45, 2.75) is 13.8 Å². The Kier molecular flexibility index (Phi) is 3.11. The molecule has 0 aliphatic heterocycles. The fourth-order valence-electron chi connectivity index (χ4n) is 2.78. The third-order valence-electron chi connectivity index (χ3n) is 3.69. The van der Waals surface area contributed by atoms with E-state index in [1.54, 1.807) is 6.92 Å². The molecule has 0 aromatic heterocycles. The van der Waals surface area contributed by atoms with Gasteiger partial charge in [-0.2, -0.15) is 0 Å². The molecule has 0 bridgehead atoms. The van der Waals surface area contributed by atoms with Gasteiger partial charge in [-0.25, -0.2) is 0 Å².